The van der Waals surface area contributed by atoms with Crippen LogP contribution in [-0.4, -0.2) is 15.1 Å². The van der Waals surface area contributed by atoms with Crippen molar-refractivity contribution in [3.8, 4) is 11.4 Å². The lowest BCUT2D eigenvalue weighted by Gasteiger charge is -2.06. The van der Waals surface area contributed by atoms with Crippen molar-refractivity contribution in [1.82, 2.24) is 9.97 Å². The maximum Gasteiger partial charge on any atom is 0.138 e. The fraction of sp³-hybridized carbons (Fsp3) is 0.231. The van der Waals surface area contributed by atoms with Gasteiger partial charge in [0.1, 0.15) is 10.5 Å². The molecule has 3 aromatic rings. The molecule has 0 aliphatic heterocycles. The van der Waals surface area contributed by atoms with E-state index in [1.54, 1.807) is 13.1 Å². The molecule has 2 N–H and O–H groups in total. The maximum absolute atomic E-state index is 9.44. The van der Waals surface area contributed by atoms with Gasteiger partial charge in [0.05, 0.1) is 6.10 Å². The van der Waals surface area contributed by atoms with Crippen LogP contribution in [0, 0.1) is 23.4 Å². The van der Waals surface area contributed by atoms with Crippen molar-refractivity contribution < 1.29 is 5.11 Å². The summed E-state index contributed by atoms with van der Waals surface area (Å²) in [7, 11) is 0. The molecule has 162 valence electrons. The smallest absolute Gasteiger partial charge is 0.138 e. The number of nitrogens with zero attached hydrogens (tertiary/aromatic N) is 1. The zero-order valence-electron chi connectivity index (χ0n) is 17.8. The van der Waals surface area contributed by atoms with Gasteiger partial charge in [-0.2, -0.15) is 0 Å². The highest BCUT2D eigenvalue weighted by atomic mass is 35.5. The quantitative estimate of drug-likeness (QED) is 0.410. The fourth-order valence-electron chi connectivity index (χ4n) is 3.07. The zero-order chi connectivity index (χ0) is 21.3. The molecule has 2 aromatic carbocycles. The second kappa shape index (κ2) is 12.4. The van der Waals surface area contributed by atoms with E-state index in [9.17, 15) is 5.11 Å². The molecule has 5 heteroatoms. The number of rotatable bonds is 2. The highest BCUT2D eigenvalue weighted by Gasteiger charge is 2.32. The Morgan fingerprint density at radius 1 is 0.968 bits per heavy atom. The van der Waals surface area contributed by atoms with E-state index in [4.69, 9.17) is 12.2 Å². The number of hydrogen-bond acceptors (Lipinski definition) is 3. The molecule has 31 heavy (non-hydrogen) atoms. The van der Waals surface area contributed by atoms with Crippen molar-refractivity contribution in [2.45, 2.75) is 26.4 Å². The number of fused-ring (bicyclic) bond motifs is 1. The predicted octanol–water partition coefficient (Wildman–Crippen LogP) is 7.02. The number of nitrogens with one attached hydrogen (secondary N) is 1. The van der Waals surface area contributed by atoms with Gasteiger partial charge in [-0.3, -0.25) is 0 Å². The van der Waals surface area contributed by atoms with Gasteiger partial charge < -0.3 is 10.1 Å². The van der Waals surface area contributed by atoms with Gasteiger partial charge in [-0.25, -0.2) is 4.98 Å². The fourth-order valence-corrected chi connectivity index (χ4v) is 3.39. The third kappa shape index (κ3) is 7.91. The van der Waals surface area contributed by atoms with Crippen LogP contribution in [0.5, 0.6) is 0 Å². The van der Waals surface area contributed by atoms with E-state index in [1.807, 2.05) is 48.5 Å². The Morgan fingerprint density at radius 2 is 1.52 bits per heavy atom. The van der Waals surface area contributed by atoms with Gasteiger partial charge in [-0.05, 0) is 32.1 Å². The Labute approximate surface area is 196 Å². The number of aliphatic hydroxyl groups excluding tert-OH is 1. The number of aromatic amines is 1. The third-order valence-electron chi connectivity index (χ3n) is 4.98. The van der Waals surface area contributed by atoms with E-state index in [1.165, 1.54) is 12.0 Å². The minimum atomic E-state index is -0.596. The molecule has 1 fully saturated rings. The monoisotopic (exact) mass is 452 g/mol. The lowest BCUT2D eigenvalue weighted by atomic mass is 10.2. The molecule has 0 amide bonds. The van der Waals surface area contributed by atoms with Gasteiger partial charge in [-0.15, -0.1) is 12.4 Å². The lowest BCUT2D eigenvalue weighted by Crippen LogP contribution is -1.98. The van der Waals surface area contributed by atoms with Crippen molar-refractivity contribution >= 4 is 24.6 Å². The second-order valence-corrected chi connectivity index (χ2v) is 7.95. The molecular formula is C26H29ClN2OS. The number of benzene rings is 2. The van der Waals surface area contributed by atoms with Gasteiger partial charge >= 0.3 is 0 Å². The molecule has 2 aliphatic rings. The molecule has 2 aliphatic carbocycles. The maximum atomic E-state index is 9.44. The van der Waals surface area contributed by atoms with E-state index >= 15 is 0 Å². The molecule has 1 saturated carbocycles. The van der Waals surface area contributed by atoms with Crippen LogP contribution < -0.4 is 0 Å². The van der Waals surface area contributed by atoms with Gasteiger partial charge in [0.25, 0.3) is 0 Å². The molecule has 1 aromatic heterocycles. The van der Waals surface area contributed by atoms with Crippen LogP contribution >= 0.6 is 24.6 Å². The summed E-state index contributed by atoms with van der Waals surface area (Å²) in [4.78, 5) is 7.27. The summed E-state index contributed by atoms with van der Waals surface area (Å²) in [6.45, 7) is 3.75. The van der Waals surface area contributed by atoms with E-state index < -0.39 is 6.10 Å². The molecule has 0 spiro atoms. The average molecular weight is 453 g/mol. The van der Waals surface area contributed by atoms with Crippen molar-refractivity contribution in [3.05, 3.63) is 107 Å². The Kier molecular flexibility index (Phi) is 9.86. The Hall–Kier alpha value is -2.53. The van der Waals surface area contributed by atoms with E-state index in [0.717, 1.165) is 23.2 Å². The Balaban J connectivity index is 0.000000188. The highest BCUT2D eigenvalue weighted by molar-refractivity contribution is 7.71. The van der Waals surface area contributed by atoms with Crippen LogP contribution in [0.3, 0.4) is 0 Å². The van der Waals surface area contributed by atoms with Gasteiger partial charge in [0.15, 0.2) is 0 Å². The molecule has 1 heterocycles. The third-order valence-corrected chi connectivity index (χ3v) is 5.32. The molecule has 3 atom stereocenters. The number of aliphatic hydroxyl groups is 1. The van der Waals surface area contributed by atoms with Crippen LogP contribution in [0.2, 0.25) is 0 Å². The van der Waals surface area contributed by atoms with Crippen LogP contribution in [0.25, 0.3) is 11.4 Å². The van der Waals surface area contributed by atoms with Gasteiger partial charge in [0, 0.05) is 17.3 Å². The number of aromatic nitrogens is 2. The summed E-state index contributed by atoms with van der Waals surface area (Å²) >= 11 is 5.16. The molecule has 0 bridgehead atoms. The van der Waals surface area contributed by atoms with E-state index in [0.29, 0.717) is 10.2 Å². The first kappa shape index (κ1) is 24.7. The first-order chi connectivity index (χ1) is 14.5. The minimum Gasteiger partial charge on any atom is -0.389 e. The largest absolute Gasteiger partial charge is 0.389 e. The van der Waals surface area contributed by atoms with Crippen molar-refractivity contribution in [2.24, 2.45) is 11.8 Å². The number of H-pyrrole nitrogens is 1. The summed E-state index contributed by atoms with van der Waals surface area (Å²) in [5.74, 6) is 2.59. The first-order valence-corrected chi connectivity index (χ1v) is 10.6. The second-order valence-electron chi connectivity index (χ2n) is 7.55. The number of allylic oxidation sites excluding steroid dienone is 4. The van der Waals surface area contributed by atoms with Crippen LogP contribution in [-0.2, 0) is 0 Å². The number of aryl methyl sites for hydroxylation is 1. The zero-order valence-corrected chi connectivity index (χ0v) is 19.4. The molecule has 5 rings (SSSR count). The Bertz CT molecular complexity index is 1030. The normalized spacial score (nSPS) is 18.2. The van der Waals surface area contributed by atoms with Gasteiger partial charge in [-0.1, -0.05) is 103 Å². The van der Waals surface area contributed by atoms with Crippen molar-refractivity contribution in [1.29, 1.82) is 0 Å². The van der Waals surface area contributed by atoms with Crippen LogP contribution in [0.1, 0.15) is 30.6 Å². The standard InChI is InChI=1S/C12H12N2OS.2C7H8.ClH/c1-8(15)10-7-13-11(14-12(10)16)9-5-3-2-4-6-9;1-2-4-7-5-6(7)3-1;1-7-5-3-2-4-6-7;/h2-8,15H,1H3,(H,13,14,16);1-4,6-7H,5H2;2-6H,1H3;1H. The highest BCUT2D eigenvalue weighted by Crippen LogP contribution is 2.42. The van der Waals surface area contributed by atoms with E-state index in [2.05, 4.69) is 53.3 Å². The van der Waals surface area contributed by atoms with Crippen LogP contribution in [0.4, 0.5) is 0 Å². The van der Waals surface area contributed by atoms with Crippen molar-refractivity contribution in [3.63, 3.8) is 0 Å². The topological polar surface area (TPSA) is 48.9 Å². The molecule has 0 saturated heterocycles. The summed E-state index contributed by atoms with van der Waals surface area (Å²) in [6.07, 6.45) is 11.3. The van der Waals surface area contributed by atoms with Crippen molar-refractivity contribution in [2.75, 3.05) is 0 Å². The average Bonchev–Trinajstić information content (AvgIpc) is 3.55. The minimum absolute atomic E-state index is 0. The molecule has 0 radical (unpaired) electrons. The molecule has 3 nitrogen and oxygen atoms in total. The summed E-state index contributed by atoms with van der Waals surface area (Å²) in [6, 6.07) is 20.0. The predicted molar refractivity (Wildman–Crippen MR) is 134 cm³/mol. The number of halogens is 1. The molecule has 3 unspecified atom stereocenters. The summed E-state index contributed by atoms with van der Waals surface area (Å²) in [5.41, 5.74) is 2.95. The summed E-state index contributed by atoms with van der Waals surface area (Å²) < 4.78 is 0.531. The molecular weight excluding hydrogens is 424 g/mol. The summed E-state index contributed by atoms with van der Waals surface area (Å²) in [5, 5.41) is 9.44. The lowest BCUT2D eigenvalue weighted by molar-refractivity contribution is 0.198. The Morgan fingerprint density at radius 3 is 1.94 bits per heavy atom. The number of hydrogen-bond donors (Lipinski definition) is 2. The SMILES string of the molecule is C1=CC2CC2C=C1.CC(O)c1cnc(-c2ccccc2)[nH]c1=S.Cc1ccccc1.Cl. The van der Waals surface area contributed by atoms with Crippen LogP contribution in [0.15, 0.2) is 91.2 Å². The van der Waals surface area contributed by atoms with Gasteiger partial charge in [0.2, 0.25) is 0 Å². The first-order valence-electron chi connectivity index (χ1n) is 10.2. The van der Waals surface area contributed by atoms with E-state index in [-0.39, 0.29) is 12.4 Å².